The van der Waals surface area contributed by atoms with Crippen molar-refractivity contribution in [3.05, 3.63) is 46.2 Å². The molecule has 1 aromatic carbocycles. The summed E-state index contributed by atoms with van der Waals surface area (Å²) in [6.07, 6.45) is 0.907. The van der Waals surface area contributed by atoms with Crippen LogP contribution in [0.4, 0.5) is 4.39 Å². The Kier molecular flexibility index (Phi) is 5.13. The minimum Gasteiger partial charge on any atom is -0.314 e. The standard InChI is InChI=1S/C15H20BrFN2/c1-11(2)9-15(19-7-5-18-6-8-19)13-4-3-12(17)10-14(13)16/h3-4,10,15,18H,1,5-9H2,2H3/t15-/m0/s1. The molecule has 1 heterocycles. The van der Waals surface area contributed by atoms with E-state index in [1.54, 1.807) is 6.07 Å². The van der Waals surface area contributed by atoms with Crippen LogP contribution in [0.25, 0.3) is 0 Å². The highest BCUT2D eigenvalue weighted by atomic mass is 79.9. The van der Waals surface area contributed by atoms with Crippen LogP contribution >= 0.6 is 15.9 Å². The Balaban J connectivity index is 2.27. The van der Waals surface area contributed by atoms with Gasteiger partial charge in [-0.05, 0) is 31.0 Å². The van der Waals surface area contributed by atoms with Crippen LogP contribution in [0.1, 0.15) is 24.9 Å². The Bertz CT molecular complexity index is 455. The van der Waals surface area contributed by atoms with Crippen molar-refractivity contribution in [1.82, 2.24) is 10.2 Å². The average Bonchev–Trinajstić information content (AvgIpc) is 2.37. The van der Waals surface area contributed by atoms with E-state index in [0.29, 0.717) is 0 Å². The molecule has 2 rings (SSSR count). The van der Waals surface area contributed by atoms with E-state index in [0.717, 1.165) is 48.2 Å². The minimum atomic E-state index is -0.204. The maximum Gasteiger partial charge on any atom is 0.124 e. The third-order valence-electron chi connectivity index (χ3n) is 3.46. The van der Waals surface area contributed by atoms with Crippen LogP contribution in [0.5, 0.6) is 0 Å². The zero-order chi connectivity index (χ0) is 13.8. The second kappa shape index (κ2) is 6.64. The zero-order valence-corrected chi connectivity index (χ0v) is 12.8. The molecule has 0 unspecified atom stereocenters. The SMILES string of the molecule is C=C(C)C[C@@H](c1ccc(F)cc1Br)N1CCNCC1. The molecule has 0 amide bonds. The summed E-state index contributed by atoms with van der Waals surface area (Å²) in [6.45, 7) is 10.1. The fourth-order valence-corrected chi connectivity index (χ4v) is 3.15. The van der Waals surface area contributed by atoms with Gasteiger partial charge in [-0.25, -0.2) is 4.39 Å². The molecule has 0 spiro atoms. The monoisotopic (exact) mass is 326 g/mol. The fourth-order valence-electron chi connectivity index (χ4n) is 2.53. The highest BCUT2D eigenvalue weighted by molar-refractivity contribution is 9.10. The smallest absolute Gasteiger partial charge is 0.124 e. The largest absolute Gasteiger partial charge is 0.314 e. The number of hydrogen-bond donors (Lipinski definition) is 1. The number of piperazine rings is 1. The molecule has 1 fully saturated rings. The molecule has 4 heteroatoms. The lowest BCUT2D eigenvalue weighted by molar-refractivity contribution is 0.172. The van der Waals surface area contributed by atoms with Gasteiger partial charge in [-0.3, -0.25) is 4.90 Å². The number of nitrogens with one attached hydrogen (secondary N) is 1. The number of rotatable bonds is 4. The molecule has 1 N–H and O–H groups in total. The second-order valence-electron chi connectivity index (χ2n) is 5.13. The molecule has 0 radical (unpaired) electrons. The van der Waals surface area contributed by atoms with E-state index in [-0.39, 0.29) is 11.9 Å². The number of hydrogen-bond acceptors (Lipinski definition) is 2. The van der Waals surface area contributed by atoms with Crippen molar-refractivity contribution in [2.75, 3.05) is 26.2 Å². The normalized spacial score (nSPS) is 18.3. The molecule has 1 aliphatic heterocycles. The third kappa shape index (κ3) is 3.88. The van der Waals surface area contributed by atoms with Crippen molar-refractivity contribution >= 4 is 15.9 Å². The van der Waals surface area contributed by atoms with Gasteiger partial charge < -0.3 is 5.32 Å². The highest BCUT2D eigenvalue weighted by Crippen LogP contribution is 2.33. The Morgan fingerprint density at radius 1 is 1.47 bits per heavy atom. The quantitative estimate of drug-likeness (QED) is 0.852. The summed E-state index contributed by atoms with van der Waals surface area (Å²) in [5.74, 6) is -0.204. The molecule has 1 aromatic rings. The Morgan fingerprint density at radius 2 is 2.16 bits per heavy atom. The summed E-state index contributed by atoms with van der Waals surface area (Å²) in [5.41, 5.74) is 2.30. The van der Waals surface area contributed by atoms with Crippen LogP contribution in [0.2, 0.25) is 0 Å². The summed E-state index contributed by atoms with van der Waals surface area (Å²) >= 11 is 3.49. The van der Waals surface area contributed by atoms with Crippen LogP contribution in [0, 0.1) is 5.82 Å². The van der Waals surface area contributed by atoms with Crippen molar-refractivity contribution in [2.24, 2.45) is 0 Å². The molecule has 1 saturated heterocycles. The molecule has 1 atom stereocenters. The van der Waals surface area contributed by atoms with Crippen LogP contribution in [0.3, 0.4) is 0 Å². The molecule has 0 aromatic heterocycles. The molecule has 104 valence electrons. The number of nitrogens with zero attached hydrogens (tertiary/aromatic N) is 1. The summed E-state index contributed by atoms with van der Waals surface area (Å²) in [4.78, 5) is 2.45. The van der Waals surface area contributed by atoms with Gasteiger partial charge in [0.05, 0.1) is 0 Å². The van der Waals surface area contributed by atoms with Gasteiger partial charge in [0, 0.05) is 36.7 Å². The molecule has 1 aliphatic rings. The lowest BCUT2D eigenvalue weighted by Crippen LogP contribution is -2.45. The van der Waals surface area contributed by atoms with Crippen LogP contribution in [0.15, 0.2) is 34.8 Å². The van der Waals surface area contributed by atoms with Gasteiger partial charge in [0.25, 0.3) is 0 Å². The van der Waals surface area contributed by atoms with Gasteiger partial charge >= 0.3 is 0 Å². The second-order valence-corrected chi connectivity index (χ2v) is 5.98. The average molecular weight is 327 g/mol. The summed E-state index contributed by atoms with van der Waals surface area (Å²) in [6, 6.07) is 5.24. The zero-order valence-electron chi connectivity index (χ0n) is 11.3. The molecule has 0 bridgehead atoms. The Labute approximate surface area is 122 Å². The fraction of sp³-hybridized carbons (Fsp3) is 0.467. The van der Waals surface area contributed by atoms with Gasteiger partial charge in [0.1, 0.15) is 5.82 Å². The van der Waals surface area contributed by atoms with Gasteiger partial charge in [-0.1, -0.05) is 27.6 Å². The van der Waals surface area contributed by atoms with Crippen LogP contribution in [-0.2, 0) is 0 Å². The maximum atomic E-state index is 13.2. The van der Waals surface area contributed by atoms with Crippen LogP contribution < -0.4 is 5.32 Å². The minimum absolute atomic E-state index is 0.204. The Hall–Kier alpha value is -0.710. The topological polar surface area (TPSA) is 15.3 Å². The first-order chi connectivity index (χ1) is 9.08. The molecule has 19 heavy (non-hydrogen) atoms. The van der Waals surface area contributed by atoms with Gasteiger partial charge in [0.15, 0.2) is 0 Å². The maximum absolute atomic E-state index is 13.2. The van der Waals surface area contributed by atoms with Crippen molar-refractivity contribution < 1.29 is 4.39 Å². The van der Waals surface area contributed by atoms with E-state index in [1.165, 1.54) is 6.07 Å². The van der Waals surface area contributed by atoms with Crippen molar-refractivity contribution in [3.8, 4) is 0 Å². The van der Waals surface area contributed by atoms with E-state index in [9.17, 15) is 4.39 Å². The van der Waals surface area contributed by atoms with Crippen molar-refractivity contribution in [1.29, 1.82) is 0 Å². The predicted molar refractivity (Wildman–Crippen MR) is 80.7 cm³/mol. The van der Waals surface area contributed by atoms with Gasteiger partial charge in [-0.15, -0.1) is 6.58 Å². The summed E-state index contributed by atoms with van der Waals surface area (Å²) < 4.78 is 14.1. The Morgan fingerprint density at radius 3 is 2.74 bits per heavy atom. The lowest BCUT2D eigenvalue weighted by Gasteiger charge is -2.36. The molecule has 2 nitrogen and oxygen atoms in total. The van der Waals surface area contributed by atoms with Crippen molar-refractivity contribution in [2.45, 2.75) is 19.4 Å². The predicted octanol–water partition coefficient (Wildman–Crippen LogP) is 3.50. The van der Waals surface area contributed by atoms with E-state index in [2.05, 4.69) is 32.7 Å². The molecule has 0 aliphatic carbocycles. The van der Waals surface area contributed by atoms with E-state index in [1.807, 2.05) is 13.0 Å². The first-order valence-electron chi connectivity index (χ1n) is 6.62. The number of halogens is 2. The lowest BCUT2D eigenvalue weighted by atomic mass is 9.98. The molecule has 0 saturated carbocycles. The van der Waals surface area contributed by atoms with Crippen LogP contribution in [-0.4, -0.2) is 31.1 Å². The first kappa shape index (κ1) is 14.7. The molecular formula is C15H20BrFN2. The summed E-state index contributed by atoms with van der Waals surface area (Å²) in [7, 11) is 0. The third-order valence-corrected chi connectivity index (χ3v) is 4.14. The van der Waals surface area contributed by atoms with Gasteiger partial charge in [-0.2, -0.15) is 0 Å². The number of benzene rings is 1. The van der Waals surface area contributed by atoms with E-state index >= 15 is 0 Å². The van der Waals surface area contributed by atoms with E-state index < -0.39 is 0 Å². The van der Waals surface area contributed by atoms with Crippen molar-refractivity contribution in [3.63, 3.8) is 0 Å². The first-order valence-corrected chi connectivity index (χ1v) is 7.41. The molecular weight excluding hydrogens is 307 g/mol. The van der Waals surface area contributed by atoms with E-state index in [4.69, 9.17) is 0 Å². The van der Waals surface area contributed by atoms with Gasteiger partial charge in [0.2, 0.25) is 0 Å². The summed E-state index contributed by atoms with van der Waals surface area (Å²) in [5, 5.41) is 3.36. The highest BCUT2D eigenvalue weighted by Gasteiger charge is 2.23.